The first-order valence-electron chi connectivity index (χ1n) is 7.58. The number of carbonyl (C=O) groups excluding carboxylic acids is 1. The third kappa shape index (κ3) is 3.85. The fourth-order valence-corrected chi connectivity index (χ4v) is 2.47. The molecule has 0 bridgehead atoms. The molecule has 1 aromatic carbocycles. The van der Waals surface area contributed by atoms with Crippen LogP contribution in [0.5, 0.6) is 0 Å². The van der Waals surface area contributed by atoms with Crippen molar-refractivity contribution in [2.24, 2.45) is 12.2 Å². The van der Waals surface area contributed by atoms with Gasteiger partial charge in [0, 0.05) is 17.3 Å². The maximum atomic E-state index is 12.3. The summed E-state index contributed by atoms with van der Waals surface area (Å²) in [6.07, 6.45) is 3.35. The molecule has 2 amide bonds. The summed E-state index contributed by atoms with van der Waals surface area (Å²) < 4.78 is 1.71. The number of aromatic nitrogens is 3. The van der Waals surface area contributed by atoms with E-state index in [0.29, 0.717) is 5.82 Å². The predicted molar refractivity (Wildman–Crippen MR) is 93.9 cm³/mol. The molecule has 2 heterocycles. The van der Waals surface area contributed by atoms with Crippen LogP contribution in [-0.4, -0.2) is 27.3 Å². The van der Waals surface area contributed by atoms with Crippen molar-refractivity contribution in [2.45, 2.75) is 6.04 Å². The SMILES string of the molecule is Cn1ncc2cc(NC(=O)NC(CN=[N+]=[N-])c3ccccc3)ncc21. The fourth-order valence-electron chi connectivity index (χ4n) is 2.47. The summed E-state index contributed by atoms with van der Waals surface area (Å²) >= 11 is 0. The summed E-state index contributed by atoms with van der Waals surface area (Å²) in [4.78, 5) is 19.3. The minimum atomic E-state index is -0.433. The average Bonchev–Trinajstić information content (AvgIpc) is 3.00. The van der Waals surface area contributed by atoms with Gasteiger partial charge in [-0.3, -0.25) is 10.00 Å². The van der Waals surface area contributed by atoms with Crippen LogP contribution in [0.4, 0.5) is 10.6 Å². The highest BCUT2D eigenvalue weighted by Crippen LogP contribution is 2.16. The molecule has 9 heteroatoms. The van der Waals surface area contributed by atoms with Gasteiger partial charge in [-0.1, -0.05) is 35.4 Å². The number of aryl methyl sites for hydroxylation is 1. The molecule has 25 heavy (non-hydrogen) atoms. The lowest BCUT2D eigenvalue weighted by molar-refractivity contribution is 0.248. The molecule has 0 spiro atoms. The number of anilines is 1. The molecule has 3 rings (SSSR count). The molecule has 126 valence electrons. The molecular weight excluding hydrogens is 320 g/mol. The number of hydrogen-bond acceptors (Lipinski definition) is 4. The Kier molecular flexibility index (Phi) is 4.77. The molecule has 1 unspecified atom stereocenters. The van der Waals surface area contributed by atoms with Gasteiger partial charge in [0.2, 0.25) is 0 Å². The number of benzene rings is 1. The average molecular weight is 336 g/mol. The number of pyridine rings is 1. The molecule has 9 nitrogen and oxygen atoms in total. The number of nitrogens with one attached hydrogen (secondary N) is 2. The number of azide groups is 1. The van der Waals surface area contributed by atoms with Crippen molar-refractivity contribution in [1.82, 2.24) is 20.1 Å². The van der Waals surface area contributed by atoms with Crippen LogP contribution in [0.3, 0.4) is 0 Å². The van der Waals surface area contributed by atoms with E-state index in [-0.39, 0.29) is 6.54 Å². The Hall–Kier alpha value is -3.58. The van der Waals surface area contributed by atoms with Crippen LogP contribution in [0.2, 0.25) is 0 Å². The second-order valence-electron chi connectivity index (χ2n) is 5.37. The third-order valence-electron chi connectivity index (χ3n) is 3.71. The van der Waals surface area contributed by atoms with E-state index in [1.807, 2.05) is 37.4 Å². The molecule has 0 fully saturated rings. The monoisotopic (exact) mass is 336 g/mol. The Labute approximate surface area is 143 Å². The minimum absolute atomic E-state index is 0.114. The van der Waals surface area contributed by atoms with Crippen LogP contribution in [0.1, 0.15) is 11.6 Å². The lowest BCUT2D eigenvalue weighted by Gasteiger charge is -2.17. The first-order valence-corrected chi connectivity index (χ1v) is 7.58. The highest BCUT2D eigenvalue weighted by Gasteiger charge is 2.14. The van der Waals surface area contributed by atoms with Crippen molar-refractivity contribution >= 4 is 22.8 Å². The van der Waals surface area contributed by atoms with Crippen LogP contribution in [-0.2, 0) is 7.05 Å². The van der Waals surface area contributed by atoms with Crippen LogP contribution >= 0.6 is 0 Å². The molecule has 2 aromatic heterocycles. The quantitative estimate of drug-likeness (QED) is 0.423. The number of amides is 2. The molecule has 0 aliphatic rings. The normalized spacial score (nSPS) is 11.6. The highest BCUT2D eigenvalue weighted by molar-refractivity contribution is 5.91. The van der Waals surface area contributed by atoms with Crippen molar-refractivity contribution in [3.63, 3.8) is 0 Å². The maximum Gasteiger partial charge on any atom is 0.320 e. The van der Waals surface area contributed by atoms with Crippen LogP contribution in [0.25, 0.3) is 21.3 Å². The summed E-state index contributed by atoms with van der Waals surface area (Å²) in [5, 5.41) is 14.1. The zero-order valence-corrected chi connectivity index (χ0v) is 13.5. The van der Waals surface area contributed by atoms with Crippen LogP contribution in [0, 0.1) is 0 Å². The lowest BCUT2D eigenvalue weighted by atomic mass is 10.1. The summed E-state index contributed by atoms with van der Waals surface area (Å²) in [6.45, 7) is 0.114. The Bertz CT molecular complexity index is 930. The summed E-state index contributed by atoms with van der Waals surface area (Å²) in [7, 11) is 1.82. The van der Waals surface area contributed by atoms with Crippen molar-refractivity contribution < 1.29 is 4.79 Å². The van der Waals surface area contributed by atoms with E-state index < -0.39 is 12.1 Å². The molecule has 0 radical (unpaired) electrons. The van der Waals surface area contributed by atoms with Crippen LogP contribution < -0.4 is 10.6 Å². The third-order valence-corrected chi connectivity index (χ3v) is 3.71. The van der Waals surface area contributed by atoms with E-state index in [4.69, 9.17) is 5.53 Å². The number of carbonyl (C=O) groups is 1. The van der Waals surface area contributed by atoms with E-state index in [1.54, 1.807) is 23.1 Å². The van der Waals surface area contributed by atoms with Gasteiger partial charge >= 0.3 is 6.03 Å². The largest absolute Gasteiger partial charge is 0.331 e. The Balaban J connectivity index is 1.72. The van der Waals surface area contributed by atoms with E-state index in [2.05, 4.69) is 30.7 Å². The molecule has 0 aliphatic carbocycles. The summed E-state index contributed by atoms with van der Waals surface area (Å²) in [6, 6.07) is 10.2. The standard InChI is InChI=1S/C16H16N8O/c1-24-14-10-18-15(7-12(14)8-20-24)22-16(25)21-13(9-19-23-17)11-5-3-2-4-6-11/h2-8,10,13H,9H2,1H3,(H2,18,21,22,25). The number of hydrogen-bond donors (Lipinski definition) is 2. The fraction of sp³-hybridized carbons (Fsp3) is 0.188. The second kappa shape index (κ2) is 7.33. The van der Waals surface area contributed by atoms with E-state index in [0.717, 1.165) is 16.5 Å². The number of rotatable bonds is 5. The zero-order valence-electron chi connectivity index (χ0n) is 13.5. The zero-order chi connectivity index (χ0) is 17.6. The highest BCUT2D eigenvalue weighted by atomic mass is 16.2. The Morgan fingerprint density at radius 1 is 1.36 bits per heavy atom. The first-order chi connectivity index (χ1) is 12.2. The predicted octanol–water partition coefficient (Wildman–Crippen LogP) is 3.14. The van der Waals surface area contributed by atoms with Gasteiger partial charge < -0.3 is 5.32 Å². The van der Waals surface area contributed by atoms with Gasteiger partial charge in [-0.15, -0.1) is 0 Å². The van der Waals surface area contributed by atoms with Crippen molar-refractivity contribution in [3.05, 3.63) is 64.8 Å². The lowest BCUT2D eigenvalue weighted by Crippen LogP contribution is -2.34. The van der Waals surface area contributed by atoms with Gasteiger partial charge in [0.25, 0.3) is 0 Å². The molecule has 0 saturated heterocycles. The molecule has 3 aromatic rings. The second-order valence-corrected chi connectivity index (χ2v) is 5.37. The number of urea groups is 1. The van der Waals surface area contributed by atoms with Gasteiger partial charge in [-0.05, 0) is 17.2 Å². The maximum absolute atomic E-state index is 12.3. The van der Waals surface area contributed by atoms with Crippen molar-refractivity contribution in [2.75, 3.05) is 11.9 Å². The van der Waals surface area contributed by atoms with E-state index >= 15 is 0 Å². The molecule has 0 aliphatic heterocycles. The molecule has 2 N–H and O–H groups in total. The van der Waals surface area contributed by atoms with Gasteiger partial charge in [0.05, 0.1) is 30.5 Å². The smallest absolute Gasteiger partial charge is 0.320 e. The van der Waals surface area contributed by atoms with E-state index in [1.165, 1.54) is 0 Å². The van der Waals surface area contributed by atoms with Crippen molar-refractivity contribution in [3.8, 4) is 0 Å². The first kappa shape index (κ1) is 16.3. The number of fused-ring (bicyclic) bond motifs is 1. The topological polar surface area (TPSA) is 121 Å². The Morgan fingerprint density at radius 2 is 2.16 bits per heavy atom. The van der Waals surface area contributed by atoms with Gasteiger partial charge in [-0.25, -0.2) is 9.78 Å². The van der Waals surface area contributed by atoms with E-state index in [9.17, 15) is 4.79 Å². The van der Waals surface area contributed by atoms with Gasteiger partial charge in [0.1, 0.15) is 5.82 Å². The summed E-state index contributed by atoms with van der Waals surface area (Å²) in [5.41, 5.74) is 10.3. The Morgan fingerprint density at radius 3 is 2.92 bits per heavy atom. The van der Waals surface area contributed by atoms with Gasteiger partial charge in [0.15, 0.2) is 0 Å². The molecule has 0 saturated carbocycles. The van der Waals surface area contributed by atoms with Gasteiger partial charge in [-0.2, -0.15) is 5.10 Å². The molecule has 1 atom stereocenters. The molecular formula is C16H16N8O. The van der Waals surface area contributed by atoms with Crippen molar-refractivity contribution in [1.29, 1.82) is 0 Å². The summed E-state index contributed by atoms with van der Waals surface area (Å²) in [5.74, 6) is 0.411. The number of nitrogens with zero attached hydrogens (tertiary/aromatic N) is 6. The van der Waals surface area contributed by atoms with Crippen LogP contribution in [0.15, 0.2) is 53.9 Å². The minimum Gasteiger partial charge on any atom is -0.331 e.